The highest BCUT2D eigenvalue weighted by molar-refractivity contribution is 6.62. The van der Waals surface area contributed by atoms with Gasteiger partial charge in [0.2, 0.25) is 0 Å². The summed E-state index contributed by atoms with van der Waals surface area (Å²) < 4.78 is 23.2. The van der Waals surface area contributed by atoms with E-state index in [0.717, 1.165) is 6.42 Å². The van der Waals surface area contributed by atoms with Crippen LogP contribution in [0.1, 0.15) is 41.0 Å². The summed E-state index contributed by atoms with van der Waals surface area (Å²) in [5.74, 6) is -0.378. The summed E-state index contributed by atoms with van der Waals surface area (Å²) in [7, 11) is -2.93. The molecule has 1 rings (SSSR count). The van der Waals surface area contributed by atoms with E-state index in [4.69, 9.17) is 18.0 Å². The zero-order valence-corrected chi connectivity index (χ0v) is 15.3. The van der Waals surface area contributed by atoms with E-state index in [-0.39, 0.29) is 11.6 Å². The predicted molar refractivity (Wildman–Crippen MR) is 85.5 cm³/mol. The topological polar surface area (TPSA) is 69.6 Å². The van der Waals surface area contributed by atoms with Crippen molar-refractivity contribution >= 4 is 20.8 Å². The van der Waals surface area contributed by atoms with Crippen LogP contribution in [-0.4, -0.2) is 64.3 Å². The van der Waals surface area contributed by atoms with Crippen LogP contribution in [0, 0.1) is 0 Å². The first-order valence-electron chi connectivity index (χ1n) is 7.95. The zero-order valence-electron chi connectivity index (χ0n) is 14.3. The molecule has 0 bridgehead atoms. The second kappa shape index (κ2) is 9.24. The molecule has 128 valence electrons. The SMILES string of the molecule is CCO[Si](OCC)(OCC)C(CC)N1CCN=C1OC(C)=O. The predicted octanol–water partition coefficient (Wildman–Crippen LogP) is 1.59. The minimum atomic E-state index is -2.93. The fraction of sp³-hybridized carbons (Fsp3) is 0.857. The third-order valence-corrected chi connectivity index (χ3v) is 6.89. The van der Waals surface area contributed by atoms with E-state index in [9.17, 15) is 4.79 Å². The number of rotatable bonds is 9. The normalized spacial score (nSPS) is 16.6. The molecule has 7 nitrogen and oxygen atoms in total. The van der Waals surface area contributed by atoms with Gasteiger partial charge < -0.3 is 22.9 Å². The van der Waals surface area contributed by atoms with Gasteiger partial charge in [0.25, 0.3) is 6.02 Å². The standard InChI is InChI=1S/C14H28N2O5Si/c1-6-13(16-11-10-15-14(16)21-12(5)17)22(18-7-2,19-8-3)20-9-4/h13H,6-11H2,1-5H3. The highest BCUT2D eigenvalue weighted by atomic mass is 28.4. The Kier molecular flexibility index (Phi) is 8.01. The molecule has 1 atom stereocenters. The molecule has 0 saturated heterocycles. The minimum absolute atomic E-state index is 0.118. The summed E-state index contributed by atoms with van der Waals surface area (Å²) >= 11 is 0. The van der Waals surface area contributed by atoms with E-state index in [2.05, 4.69) is 4.99 Å². The van der Waals surface area contributed by atoms with Gasteiger partial charge in [0.15, 0.2) is 0 Å². The van der Waals surface area contributed by atoms with Gasteiger partial charge in [-0.1, -0.05) is 6.92 Å². The highest BCUT2D eigenvalue weighted by Crippen LogP contribution is 2.25. The van der Waals surface area contributed by atoms with Gasteiger partial charge in [-0.2, -0.15) is 0 Å². The van der Waals surface area contributed by atoms with E-state index < -0.39 is 8.80 Å². The monoisotopic (exact) mass is 332 g/mol. The lowest BCUT2D eigenvalue weighted by atomic mass is 10.4. The van der Waals surface area contributed by atoms with Gasteiger partial charge >= 0.3 is 14.8 Å². The lowest BCUT2D eigenvalue weighted by Gasteiger charge is -2.39. The average Bonchev–Trinajstić information content (AvgIpc) is 2.88. The molecule has 1 aliphatic heterocycles. The van der Waals surface area contributed by atoms with Gasteiger partial charge in [0.1, 0.15) is 5.67 Å². The third-order valence-electron chi connectivity index (χ3n) is 3.28. The van der Waals surface area contributed by atoms with Crippen LogP contribution in [0.2, 0.25) is 0 Å². The van der Waals surface area contributed by atoms with Gasteiger partial charge in [-0.05, 0) is 27.2 Å². The van der Waals surface area contributed by atoms with Gasteiger partial charge in [0.05, 0.1) is 6.54 Å². The molecular weight excluding hydrogens is 304 g/mol. The molecule has 0 saturated carbocycles. The molecule has 0 aliphatic carbocycles. The second-order valence-electron chi connectivity index (χ2n) is 4.78. The number of hydrogen-bond acceptors (Lipinski definition) is 7. The van der Waals surface area contributed by atoms with Crippen LogP contribution in [0.15, 0.2) is 4.99 Å². The summed E-state index contributed by atoms with van der Waals surface area (Å²) in [5, 5.41) is 0. The molecule has 0 aromatic rings. The highest BCUT2D eigenvalue weighted by Gasteiger charge is 2.53. The summed E-state index contributed by atoms with van der Waals surface area (Å²) in [4.78, 5) is 17.5. The number of amidine groups is 1. The van der Waals surface area contributed by atoms with E-state index >= 15 is 0 Å². The van der Waals surface area contributed by atoms with Crippen LogP contribution >= 0.6 is 0 Å². The molecule has 0 aromatic heterocycles. The Morgan fingerprint density at radius 3 is 2.14 bits per heavy atom. The second-order valence-corrected chi connectivity index (χ2v) is 7.52. The molecule has 0 N–H and O–H groups in total. The third kappa shape index (κ3) is 4.51. The summed E-state index contributed by atoms with van der Waals surface area (Å²) in [6.07, 6.45) is 0.756. The fourth-order valence-corrected chi connectivity index (χ4v) is 5.78. The number of aliphatic imine (C=N–C) groups is 1. The van der Waals surface area contributed by atoms with Crippen LogP contribution in [0.5, 0.6) is 0 Å². The Balaban J connectivity index is 3.06. The average molecular weight is 332 g/mol. The smallest absolute Gasteiger partial charge is 0.393 e. The number of esters is 1. The number of carbonyl (C=O) groups is 1. The largest absolute Gasteiger partial charge is 0.524 e. The first-order valence-corrected chi connectivity index (χ1v) is 9.76. The first-order chi connectivity index (χ1) is 10.5. The maximum atomic E-state index is 11.3. The Hall–Kier alpha value is -0.963. The maximum absolute atomic E-state index is 11.3. The van der Waals surface area contributed by atoms with Gasteiger partial charge in [-0.3, -0.25) is 4.79 Å². The lowest BCUT2D eigenvalue weighted by Crippen LogP contribution is -2.63. The molecule has 1 aliphatic rings. The van der Waals surface area contributed by atoms with E-state index in [0.29, 0.717) is 38.9 Å². The van der Waals surface area contributed by atoms with Gasteiger partial charge in [-0.15, -0.1) is 0 Å². The van der Waals surface area contributed by atoms with E-state index in [1.54, 1.807) is 0 Å². The molecular formula is C14H28N2O5Si. The minimum Gasteiger partial charge on any atom is -0.393 e. The van der Waals surface area contributed by atoms with Crippen molar-refractivity contribution in [2.75, 3.05) is 32.9 Å². The Labute approximate surface area is 133 Å². The number of ether oxygens (including phenoxy) is 1. The van der Waals surface area contributed by atoms with Crippen LogP contribution in [-0.2, 0) is 22.8 Å². The summed E-state index contributed by atoms with van der Waals surface area (Å²) in [6, 6.07) is 0.343. The Morgan fingerprint density at radius 1 is 1.18 bits per heavy atom. The van der Waals surface area contributed by atoms with Gasteiger partial charge in [-0.25, -0.2) is 4.99 Å². The number of carbonyl (C=O) groups excluding carboxylic acids is 1. The van der Waals surface area contributed by atoms with Crippen LogP contribution in [0.4, 0.5) is 0 Å². The molecule has 0 fully saturated rings. The molecule has 1 unspecified atom stereocenters. The van der Waals surface area contributed by atoms with Crippen molar-refractivity contribution in [2.45, 2.75) is 46.7 Å². The molecule has 0 amide bonds. The fourth-order valence-electron chi connectivity index (χ4n) is 2.63. The molecule has 8 heteroatoms. The number of hydrogen-bond donors (Lipinski definition) is 0. The van der Waals surface area contributed by atoms with Crippen molar-refractivity contribution in [1.82, 2.24) is 4.90 Å². The molecule has 22 heavy (non-hydrogen) atoms. The van der Waals surface area contributed by atoms with Crippen molar-refractivity contribution < 1.29 is 22.8 Å². The van der Waals surface area contributed by atoms with Crippen LogP contribution < -0.4 is 0 Å². The van der Waals surface area contributed by atoms with Crippen molar-refractivity contribution in [2.24, 2.45) is 4.99 Å². The summed E-state index contributed by atoms with van der Waals surface area (Å²) in [6.45, 7) is 12.0. The van der Waals surface area contributed by atoms with Crippen molar-refractivity contribution in [3.8, 4) is 0 Å². The van der Waals surface area contributed by atoms with Crippen LogP contribution in [0.3, 0.4) is 0 Å². The van der Waals surface area contributed by atoms with Crippen molar-refractivity contribution in [1.29, 1.82) is 0 Å². The van der Waals surface area contributed by atoms with Crippen molar-refractivity contribution in [3.63, 3.8) is 0 Å². The van der Waals surface area contributed by atoms with Gasteiger partial charge in [0, 0.05) is 33.3 Å². The molecule has 0 radical (unpaired) electrons. The molecule has 1 heterocycles. The Bertz CT molecular complexity index is 374. The first kappa shape index (κ1) is 19.1. The number of nitrogens with zero attached hydrogens (tertiary/aromatic N) is 2. The quantitative estimate of drug-likeness (QED) is 0.472. The van der Waals surface area contributed by atoms with Crippen LogP contribution in [0.25, 0.3) is 0 Å². The van der Waals surface area contributed by atoms with Crippen molar-refractivity contribution in [3.05, 3.63) is 0 Å². The summed E-state index contributed by atoms with van der Waals surface area (Å²) in [5.41, 5.74) is -0.118. The Morgan fingerprint density at radius 2 is 1.73 bits per heavy atom. The van der Waals surface area contributed by atoms with E-state index in [1.807, 2.05) is 32.6 Å². The lowest BCUT2D eigenvalue weighted by molar-refractivity contribution is -0.133. The maximum Gasteiger partial charge on any atom is 0.524 e. The van der Waals surface area contributed by atoms with E-state index in [1.165, 1.54) is 6.92 Å². The molecule has 0 aromatic carbocycles. The molecule has 0 spiro atoms. The zero-order chi connectivity index (χ0) is 16.6.